The van der Waals surface area contributed by atoms with E-state index in [9.17, 15) is 4.79 Å². The van der Waals surface area contributed by atoms with Gasteiger partial charge in [-0.2, -0.15) is 0 Å². The average molecular weight is 252 g/mol. The standard InChI is InChI=1S/C16H16N2O/c1-12(19)18-10-9-17-16(18)11-14-7-4-6-13-5-2-3-8-15(13)14/h2-8H,9-11H2,1H3. The molecule has 19 heavy (non-hydrogen) atoms. The van der Waals surface area contributed by atoms with E-state index in [1.165, 1.54) is 16.3 Å². The minimum absolute atomic E-state index is 0.0801. The third-order valence-corrected chi connectivity index (χ3v) is 3.54. The smallest absolute Gasteiger partial charge is 0.224 e. The fourth-order valence-electron chi connectivity index (χ4n) is 2.60. The number of amidine groups is 1. The Bertz CT molecular complexity index is 655. The SMILES string of the molecule is CC(=O)N1CCN=C1Cc1cccc2ccccc12. The summed E-state index contributed by atoms with van der Waals surface area (Å²) in [5, 5.41) is 2.47. The summed E-state index contributed by atoms with van der Waals surface area (Å²) >= 11 is 0. The first-order valence-electron chi connectivity index (χ1n) is 6.54. The van der Waals surface area contributed by atoms with Crippen molar-refractivity contribution < 1.29 is 4.79 Å². The second kappa shape index (κ2) is 4.84. The van der Waals surface area contributed by atoms with Crippen LogP contribution in [0, 0.1) is 0 Å². The van der Waals surface area contributed by atoms with Crippen LogP contribution < -0.4 is 0 Å². The quantitative estimate of drug-likeness (QED) is 0.808. The largest absolute Gasteiger partial charge is 0.299 e. The van der Waals surface area contributed by atoms with Crippen molar-refractivity contribution in [1.29, 1.82) is 0 Å². The zero-order valence-corrected chi connectivity index (χ0v) is 11.0. The van der Waals surface area contributed by atoms with Gasteiger partial charge in [-0.05, 0) is 16.3 Å². The van der Waals surface area contributed by atoms with Gasteiger partial charge in [0.15, 0.2) is 0 Å². The first-order valence-corrected chi connectivity index (χ1v) is 6.54. The topological polar surface area (TPSA) is 32.7 Å². The van der Waals surface area contributed by atoms with Crippen molar-refractivity contribution in [2.24, 2.45) is 4.99 Å². The number of hydrogen-bond acceptors (Lipinski definition) is 2. The van der Waals surface area contributed by atoms with Gasteiger partial charge in [-0.25, -0.2) is 0 Å². The van der Waals surface area contributed by atoms with Crippen molar-refractivity contribution >= 4 is 22.5 Å². The molecule has 1 amide bonds. The summed E-state index contributed by atoms with van der Waals surface area (Å²) in [6, 6.07) is 14.6. The molecule has 3 heteroatoms. The third-order valence-electron chi connectivity index (χ3n) is 3.54. The van der Waals surface area contributed by atoms with Gasteiger partial charge in [-0.15, -0.1) is 0 Å². The molecular weight excluding hydrogens is 236 g/mol. The Balaban J connectivity index is 1.96. The minimum Gasteiger partial charge on any atom is -0.299 e. The van der Waals surface area contributed by atoms with Crippen molar-refractivity contribution in [3.05, 3.63) is 48.0 Å². The van der Waals surface area contributed by atoms with Crippen LogP contribution in [0.25, 0.3) is 10.8 Å². The molecule has 0 bridgehead atoms. The first-order chi connectivity index (χ1) is 9.25. The van der Waals surface area contributed by atoms with Gasteiger partial charge in [-0.3, -0.25) is 14.7 Å². The summed E-state index contributed by atoms with van der Waals surface area (Å²) in [4.78, 5) is 17.8. The normalized spacial score (nSPS) is 14.8. The lowest BCUT2D eigenvalue weighted by molar-refractivity contribution is -0.124. The van der Waals surface area contributed by atoms with Gasteiger partial charge in [0.1, 0.15) is 5.84 Å². The van der Waals surface area contributed by atoms with E-state index in [2.05, 4.69) is 35.3 Å². The van der Waals surface area contributed by atoms with Gasteiger partial charge in [0.05, 0.1) is 6.54 Å². The molecule has 0 fully saturated rings. The van der Waals surface area contributed by atoms with Crippen LogP contribution in [0.4, 0.5) is 0 Å². The summed E-state index contributed by atoms with van der Waals surface area (Å²) in [5.41, 5.74) is 1.23. The van der Waals surface area contributed by atoms with Gasteiger partial charge in [0.2, 0.25) is 5.91 Å². The zero-order chi connectivity index (χ0) is 13.2. The predicted molar refractivity (Wildman–Crippen MR) is 77.3 cm³/mol. The maximum atomic E-state index is 11.6. The molecule has 0 unspecified atom stereocenters. The molecule has 0 aliphatic carbocycles. The number of amides is 1. The lowest BCUT2D eigenvalue weighted by Gasteiger charge is -2.16. The second-order valence-electron chi connectivity index (χ2n) is 4.78. The Morgan fingerprint density at radius 3 is 2.84 bits per heavy atom. The molecule has 0 saturated carbocycles. The van der Waals surface area contributed by atoms with E-state index in [4.69, 9.17) is 0 Å². The summed E-state index contributed by atoms with van der Waals surface area (Å²) in [5.74, 6) is 0.973. The van der Waals surface area contributed by atoms with E-state index in [1.54, 1.807) is 11.8 Å². The fourth-order valence-corrected chi connectivity index (χ4v) is 2.60. The monoisotopic (exact) mass is 252 g/mol. The van der Waals surface area contributed by atoms with Crippen LogP contribution in [0.15, 0.2) is 47.5 Å². The van der Waals surface area contributed by atoms with E-state index in [1.807, 2.05) is 12.1 Å². The number of rotatable bonds is 2. The van der Waals surface area contributed by atoms with Crippen LogP contribution in [-0.2, 0) is 11.2 Å². The lowest BCUT2D eigenvalue weighted by atomic mass is 10.0. The maximum absolute atomic E-state index is 11.6. The number of carbonyl (C=O) groups excluding carboxylic acids is 1. The van der Waals surface area contributed by atoms with Crippen LogP contribution in [-0.4, -0.2) is 29.7 Å². The Kier molecular flexibility index (Phi) is 3.03. The summed E-state index contributed by atoms with van der Waals surface area (Å²) in [6.45, 7) is 3.04. The molecular formula is C16H16N2O. The molecule has 2 aromatic rings. The van der Waals surface area contributed by atoms with E-state index in [-0.39, 0.29) is 5.91 Å². The van der Waals surface area contributed by atoms with Crippen molar-refractivity contribution in [3.63, 3.8) is 0 Å². The molecule has 3 rings (SSSR count). The van der Waals surface area contributed by atoms with Crippen molar-refractivity contribution in [2.45, 2.75) is 13.3 Å². The zero-order valence-electron chi connectivity index (χ0n) is 11.0. The second-order valence-corrected chi connectivity index (χ2v) is 4.78. The van der Waals surface area contributed by atoms with Gasteiger partial charge >= 0.3 is 0 Å². The molecule has 0 N–H and O–H groups in total. The maximum Gasteiger partial charge on any atom is 0.224 e. The molecule has 1 heterocycles. The number of nitrogens with zero attached hydrogens (tertiary/aromatic N) is 2. The Labute approximate surface area is 112 Å². The van der Waals surface area contributed by atoms with Gasteiger partial charge in [0, 0.05) is 19.9 Å². The lowest BCUT2D eigenvalue weighted by Crippen LogP contribution is -2.33. The van der Waals surface area contributed by atoms with E-state index in [0.717, 1.165) is 25.3 Å². The third kappa shape index (κ3) is 2.24. The van der Waals surface area contributed by atoms with E-state index in [0.29, 0.717) is 0 Å². The number of hydrogen-bond donors (Lipinski definition) is 0. The Hall–Kier alpha value is -2.16. The molecule has 2 aromatic carbocycles. The Morgan fingerprint density at radius 1 is 1.21 bits per heavy atom. The first kappa shape index (κ1) is 11.9. The minimum atomic E-state index is 0.0801. The van der Waals surface area contributed by atoms with Gasteiger partial charge in [-0.1, -0.05) is 42.5 Å². The molecule has 0 spiro atoms. The summed E-state index contributed by atoms with van der Waals surface area (Å²) in [7, 11) is 0. The van der Waals surface area contributed by atoms with E-state index >= 15 is 0 Å². The highest BCUT2D eigenvalue weighted by atomic mass is 16.2. The highest BCUT2D eigenvalue weighted by Gasteiger charge is 2.20. The number of carbonyl (C=O) groups is 1. The van der Waals surface area contributed by atoms with Gasteiger partial charge < -0.3 is 0 Å². The molecule has 1 aliphatic heterocycles. The molecule has 0 aromatic heterocycles. The van der Waals surface area contributed by atoms with Gasteiger partial charge in [0.25, 0.3) is 0 Å². The number of aliphatic imine (C=N–C) groups is 1. The number of benzene rings is 2. The summed E-state index contributed by atoms with van der Waals surface area (Å²) < 4.78 is 0. The van der Waals surface area contributed by atoms with Crippen LogP contribution >= 0.6 is 0 Å². The number of fused-ring (bicyclic) bond motifs is 1. The highest BCUT2D eigenvalue weighted by molar-refractivity contribution is 6.01. The van der Waals surface area contributed by atoms with Crippen molar-refractivity contribution in [1.82, 2.24) is 4.90 Å². The van der Waals surface area contributed by atoms with Crippen molar-refractivity contribution in [3.8, 4) is 0 Å². The molecule has 96 valence electrons. The highest BCUT2D eigenvalue weighted by Crippen LogP contribution is 2.20. The Morgan fingerprint density at radius 2 is 2.00 bits per heavy atom. The predicted octanol–water partition coefficient (Wildman–Crippen LogP) is 2.64. The average Bonchev–Trinajstić information content (AvgIpc) is 2.87. The molecule has 0 radical (unpaired) electrons. The van der Waals surface area contributed by atoms with Crippen molar-refractivity contribution in [2.75, 3.05) is 13.1 Å². The van der Waals surface area contributed by atoms with Crippen LogP contribution in [0.2, 0.25) is 0 Å². The summed E-state index contributed by atoms with van der Waals surface area (Å²) in [6.07, 6.45) is 0.723. The van der Waals surface area contributed by atoms with Crippen LogP contribution in [0.3, 0.4) is 0 Å². The molecule has 0 saturated heterocycles. The van der Waals surface area contributed by atoms with Crippen LogP contribution in [0.1, 0.15) is 12.5 Å². The molecule has 3 nitrogen and oxygen atoms in total. The fraction of sp³-hybridized carbons (Fsp3) is 0.250. The molecule has 1 aliphatic rings. The molecule has 0 atom stereocenters. The van der Waals surface area contributed by atoms with E-state index < -0.39 is 0 Å². The van der Waals surface area contributed by atoms with Crippen LogP contribution in [0.5, 0.6) is 0 Å².